The van der Waals surface area contributed by atoms with Crippen LogP contribution in [0.5, 0.6) is 0 Å². The Labute approximate surface area is 136 Å². The number of nitrogens with zero attached hydrogens (tertiary/aromatic N) is 1. The van der Waals surface area contributed by atoms with Gasteiger partial charge in [0, 0.05) is 28.7 Å². The van der Waals surface area contributed by atoms with Crippen molar-refractivity contribution in [3.05, 3.63) is 28.0 Å². The van der Waals surface area contributed by atoms with E-state index in [1.165, 1.54) is 4.90 Å². The molecule has 0 saturated carbocycles. The van der Waals surface area contributed by atoms with E-state index in [1.54, 1.807) is 7.05 Å². The summed E-state index contributed by atoms with van der Waals surface area (Å²) in [6.07, 6.45) is 0. The molecule has 0 spiro atoms. The Hall–Kier alpha value is -0.660. The number of halogens is 3. The number of carbonyl (C=O) groups excluding carboxylic acids is 1. The molecule has 0 aliphatic rings. The van der Waals surface area contributed by atoms with Gasteiger partial charge in [-0.3, -0.25) is 4.79 Å². The summed E-state index contributed by atoms with van der Waals surface area (Å²) in [5.74, 6) is -1.43. The third-order valence-electron chi connectivity index (χ3n) is 2.57. The Kier molecular flexibility index (Phi) is 5.45. The number of amides is 1. The molecule has 21 heavy (non-hydrogen) atoms. The van der Waals surface area contributed by atoms with Gasteiger partial charge < -0.3 is 4.90 Å². The van der Waals surface area contributed by atoms with Crippen molar-refractivity contribution in [2.75, 3.05) is 13.6 Å². The van der Waals surface area contributed by atoms with Crippen LogP contribution < -0.4 is 0 Å². The first-order chi connectivity index (χ1) is 9.33. The van der Waals surface area contributed by atoms with Crippen LogP contribution in [0.4, 0.5) is 4.39 Å². The molecule has 1 rings (SSSR count). The van der Waals surface area contributed by atoms with Crippen molar-refractivity contribution in [1.29, 1.82) is 0 Å². The minimum absolute atomic E-state index is 0.0439. The van der Waals surface area contributed by atoms with Gasteiger partial charge in [0.1, 0.15) is 10.7 Å². The molecule has 0 atom stereocenters. The molecule has 0 aliphatic heterocycles. The topological polar surface area (TPSA) is 54.5 Å². The second kappa shape index (κ2) is 6.22. The highest BCUT2D eigenvalue weighted by Crippen LogP contribution is 2.28. The molecule has 0 heterocycles. The second-order valence-corrected chi connectivity index (χ2v) is 9.31. The van der Waals surface area contributed by atoms with Crippen molar-refractivity contribution >= 4 is 41.6 Å². The van der Waals surface area contributed by atoms with Crippen LogP contribution in [0.15, 0.2) is 21.5 Å². The highest BCUT2D eigenvalue weighted by Gasteiger charge is 2.25. The van der Waals surface area contributed by atoms with Gasteiger partial charge in [0.25, 0.3) is 15.0 Å². The number of rotatable bonds is 3. The first-order valence-electron chi connectivity index (χ1n) is 6.02. The molecule has 0 N–H and O–H groups in total. The number of hydrogen-bond donors (Lipinski definition) is 0. The fourth-order valence-corrected chi connectivity index (χ4v) is 3.26. The van der Waals surface area contributed by atoms with E-state index in [9.17, 15) is 17.6 Å². The van der Waals surface area contributed by atoms with Gasteiger partial charge in [-0.25, -0.2) is 12.8 Å². The summed E-state index contributed by atoms with van der Waals surface area (Å²) in [5.41, 5.74) is -0.0828. The predicted octanol–water partition coefficient (Wildman–Crippen LogP) is 3.63. The summed E-state index contributed by atoms with van der Waals surface area (Å²) < 4.78 is 36.5. The Bertz CT molecular complexity index is 671. The molecule has 0 bridgehead atoms. The number of hydrogen-bond acceptors (Lipinski definition) is 3. The van der Waals surface area contributed by atoms with Crippen LogP contribution >= 0.6 is 26.6 Å². The third kappa shape index (κ3) is 4.93. The Morgan fingerprint density at radius 1 is 1.38 bits per heavy atom. The lowest BCUT2D eigenvalue weighted by Crippen LogP contribution is -2.34. The zero-order valence-corrected chi connectivity index (χ0v) is 15.2. The Morgan fingerprint density at radius 3 is 2.33 bits per heavy atom. The molecule has 0 radical (unpaired) electrons. The van der Waals surface area contributed by atoms with Gasteiger partial charge in [0.05, 0.1) is 5.56 Å². The van der Waals surface area contributed by atoms with Crippen molar-refractivity contribution in [3.63, 3.8) is 0 Å². The predicted molar refractivity (Wildman–Crippen MR) is 83.6 cm³/mol. The average molecular weight is 401 g/mol. The SMILES string of the molecule is CN(CC(C)(C)C)C(=O)c1cc(S(=O)(=O)Cl)c(F)cc1Br. The number of benzene rings is 1. The largest absolute Gasteiger partial charge is 0.341 e. The van der Waals surface area contributed by atoms with E-state index in [2.05, 4.69) is 15.9 Å². The lowest BCUT2D eigenvalue weighted by atomic mass is 9.96. The van der Waals surface area contributed by atoms with Crippen molar-refractivity contribution in [1.82, 2.24) is 4.90 Å². The quantitative estimate of drug-likeness (QED) is 0.728. The van der Waals surface area contributed by atoms with Crippen LogP contribution in [-0.4, -0.2) is 32.8 Å². The summed E-state index contributed by atoms with van der Waals surface area (Å²) in [6, 6.07) is 1.87. The molecule has 0 unspecified atom stereocenters. The summed E-state index contributed by atoms with van der Waals surface area (Å²) in [4.78, 5) is 13.1. The third-order valence-corrected chi connectivity index (χ3v) is 4.57. The van der Waals surface area contributed by atoms with Crippen LogP contribution in [0.2, 0.25) is 0 Å². The van der Waals surface area contributed by atoms with Gasteiger partial charge in [-0.1, -0.05) is 20.8 Å². The van der Waals surface area contributed by atoms with Crippen LogP contribution in [0, 0.1) is 11.2 Å². The lowest BCUT2D eigenvalue weighted by molar-refractivity contribution is 0.0744. The molecule has 1 amide bonds. The second-order valence-electron chi connectivity index (χ2n) is 5.92. The molecular weight excluding hydrogens is 385 g/mol. The van der Waals surface area contributed by atoms with Gasteiger partial charge in [-0.2, -0.15) is 0 Å². The van der Waals surface area contributed by atoms with Gasteiger partial charge in [0.15, 0.2) is 0 Å². The van der Waals surface area contributed by atoms with E-state index in [1.807, 2.05) is 20.8 Å². The van der Waals surface area contributed by atoms with E-state index in [0.717, 1.165) is 12.1 Å². The first-order valence-corrected chi connectivity index (χ1v) is 9.12. The van der Waals surface area contributed by atoms with Crippen LogP contribution in [-0.2, 0) is 9.05 Å². The van der Waals surface area contributed by atoms with E-state index in [-0.39, 0.29) is 15.5 Å². The zero-order chi connectivity index (χ0) is 16.6. The Balaban J connectivity index is 3.28. The molecule has 1 aromatic carbocycles. The smallest absolute Gasteiger partial charge is 0.264 e. The van der Waals surface area contributed by atoms with Crippen molar-refractivity contribution in [2.45, 2.75) is 25.7 Å². The molecule has 4 nitrogen and oxygen atoms in total. The van der Waals surface area contributed by atoms with E-state index in [0.29, 0.717) is 6.54 Å². The van der Waals surface area contributed by atoms with Crippen LogP contribution in [0.3, 0.4) is 0 Å². The average Bonchev–Trinajstić information content (AvgIpc) is 2.23. The van der Waals surface area contributed by atoms with E-state index < -0.39 is 25.7 Å². The summed E-state index contributed by atoms with van der Waals surface area (Å²) in [6.45, 7) is 6.35. The highest BCUT2D eigenvalue weighted by atomic mass is 79.9. The minimum Gasteiger partial charge on any atom is -0.341 e. The fraction of sp³-hybridized carbons (Fsp3) is 0.462. The lowest BCUT2D eigenvalue weighted by Gasteiger charge is -2.27. The summed E-state index contributed by atoms with van der Waals surface area (Å²) in [5, 5.41) is 0. The van der Waals surface area contributed by atoms with Crippen molar-refractivity contribution < 1.29 is 17.6 Å². The maximum Gasteiger partial charge on any atom is 0.264 e. The molecule has 1 aromatic rings. The van der Waals surface area contributed by atoms with Gasteiger partial charge in [0.2, 0.25) is 0 Å². The molecule has 8 heteroatoms. The fourth-order valence-electron chi connectivity index (χ4n) is 1.87. The number of carbonyl (C=O) groups is 1. The van der Waals surface area contributed by atoms with Crippen LogP contribution in [0.1, 0.15) is 31.1 Å². The first kappa shape index (κ1) is 18.4. The minimum atomic E-state index is -4.26. The molecule has 118 valence electrons. The van der Waals surface area contributed by atoms with Crippen molar-refractivity contribution in [3.8, 4) is 0 Å². The maximum absolute atomic E-state index is 13.6. The summed E-state index contributed by atoms with van der Waals surface area (Å²) >= 11 is 3.07. The monoisotopic (exact) mass is 399 g/mol. The summed E-state index contributed by atoms with van der Waals surface area (Å²) in [7, 11) is 2.50. The Morgan fingerprint density at radius 2 is 1.90 bits per heavy atom. The molecule has 0 aromatic heterocycles. The normalized spacial score (nSPS) is 12.3. The highest BCUT2D eigenvalue weighted by molar-refractivity contribution is 9.10. The maximum atomic E-state index is 13.6. The van der Waals surface area contributed by atoms with Crippen LogP contribution in [0.25, 0.3) is 0 Å². The van der Waals surface area contributed by atoms with Gasteiger partial charge >= 0.3 is 0 Å². The molecule has 0 aliphatic carbocycles. The zero-order valence-electron chi connectivity index (χ0n) is 12.1. The van der Waals surface area contributed by atoms with Gasteiger partial charge in [-0.15, -0.1) is 0 Å². The van der Waals surface area contributed by atoms with Gasteiger partial charge in [-0.05, 0) is 33.5 Å². The van der Waals surface area contributed by atoms with E-state index in [4.69, 9.17) is 10.7 Å². The standard InChI is InChI=1S/C13H16BrClFNO3S/c1-13(2,3)7-17(4)12(18)8-5-11(21(15,19)20)10(16)6-9(8)14/h5-6H,7H2,1-4H3. The van der Waals surface area contributed by atoms with Crippen molar-refractivity contribution in [2.24, 2.45) is 5.41 Å². The molecular formula is C13H16BrClFNO3S. The van der Waals surface area contributed by atoms with E-state index >= 15 is 0 Å². The molecule has 0 saturated heterocycles. The molecule has 0 fully saturated rings.